The van der Waals surface area contributed by atoms with Crippen LogP contribution in [-0.4, -0.2) is 61.7 Å². The SMILES string of the molecule is COCC(COC)(COC)COCOc1c(C(C)(C)C)cc(C)cc1C(C)(C)C.COc1c(C(C)(C)C)cc(C)cc1C(C)(C)C. The summed E-state index contributed by atoms with van der Waals surface area (Å²) in [6, 6.07) is 8.92. The van der Waals surface area contributed by atoms with Gasteiger partial charge in [0.25, 0.3) is 0 Å². The van der Waals surface area contributed by atoms with Crippen molar-refractivity contribution in [1.29, 1.82) is 0 Å². The Balaban J connectivity index is 0.000000527. The predicted molar refractivity (Wildman–Crippen MR) is 193 cm³/mol. The number of hydrogen-bond donors (Lipinski definition) is 0. The summed E-state index contributed by atoms with van der Waals surface area (Å²) < 4.78 is 34.1. The molecule has 2 aromatic rings. The predicted octanol–water partition coefficient (Wildman–Crippen LogP) is 9.47. The lowest BCUT2D eigenvalue weighted by molar-refractivity contribution is -0.106. The van der Waals surface area contributed by atoms with Crippen molar-refractivity contribution in [1.82, 2.24) is 0 Å². The Hall–Kier alpha value is -2.12. The zero-order valence-corrected chi connectivity index (χ0v) is 32.8. The van der Waals surface area contributed by atoms with Crippen LogP contribution in [0.15, 0.2) is 24.3 Å². The molecule has 6 nitrogen and oxygen atoms in total. The molecule has 0 N–H and O–H groups in total. The molecule has 0 heterocycles. The maximum Gasteiger partial charge on any atom is 0.189 e. The molecule has 0 spiro atoms. The summed E-state index contributed by atoms with van der Waals surface area (Å²) in [7, 11) is 6.80. The van der Waals surface area contributed by atoms with Gasteiger partial charge in [-0.25, -0.2) is 0 Å². The summed E-state index contributed by atoms with van der Waals surface area (Å²) >= 11 is 0. The average Bonchev–Trinajstić information content (AvgIpc) is 2.89. The van der Waals surface area contributed by atoms with E-state index < -0.39 is 0 Å². The molecule has 0 aliphatic rings. The van der Waals surface area contributed by atoms with Crippen LogP contribution in [-0.2, 0) is 40.6 Å². The molecule has 0 amide bonds. The number of methoxy groups -OCH3 is 4. The van der Waals surface area contributed by atoms with Crippen LogP contribution in [0.5, 0.6) is 11.5 Å². The molecule has 0 aliphatic carbocycles. The van der Waals surface area contributed by atoms with Crippen molar-refractivity contribution in [2.24, 2.45) is 5.41 Å². The van der Waals surface area contributed by atoms with Gasteiger partial charge < -0.3 is 28.4 Å². The van der Waals surface area contributed by atoms with Crippen molar-refractivity contribution in [3.8, 4) is 11.5 Å². The number of rotatable bonds is 12. The van der Waals surface area contributed by atoms with Gasteiger partial charge in [-0.3, -0.25) is 0 Å². The molecule has 0 bridgehead atoms. The number of benzene rings is 2. The molecule has 0 atom stereocenters. The van der Waals surface area contributed by atoms with E-state index in [1.165, 1.54) is 33.4 Å². The fourth-order valence-electron chi connectivity index (χ4n) is 5.68. The molecule has 0 fully saturated rings. The molecule has 0 unspecified atom stereocenters. The summed E-state index contributed by atoms with van der Waals surface area (Å²) in [5.41, 5.74) is 7.32. The van der Waals surface area contributed by atoms with Crippen LogP contribution in [0.25, 0.3) is 0 Å². The maximum atomic E-state index is 6.26. The minimum absolute atomic E-state index is 0.0345. The first-order valence-corrected chi connectivity index (χ1v) is 16.5. The van der Waals surface area contributed by atoms with Gasteiger partial charge in [0.2, 0.25) is 0 Å². The third-order valence-corrected chi connectivity index (χ3v) is 7.95. The number of ether oxygens (including phenoxy) is 6. The normalized spacial score (nSPS) is 12.9. The van der Waals surface area contributed by atoms with Crippen LogP contribution in [0.1, 0.15) is 116 Å². The first-order chi connectivity index (χ1) is 21.0. The molecule has 6 heteroatoms. The summed E-state index contributed by atoms with van der Waals surface area (Å²) in [6.45, 7) is 33.0. The zero-order chi connectivity index (χ0) is 35.7. The van der Waals surface area contributed by atoms with Gasteiger partial charge in [-0.2, -0.15) is 0 Å². The first-order valence-electron chi connectivity index (χ1n) is 16.5. The molecule has 46 heavy (non-hydrogen) atoms. The molecule has 0 saturated heterocycles. The van der Waals surface area contributed by atoms with Crippen LogP contribution in [0.2, 0.25) is 0 Å². The molecule has 0 radical (unpaired) electrons. The third-order valence-electron chi connectivity index (χ3n) is 7.95. The largest absolute Gasteiger partial charge is 0.496 e. The second-order valence-corrected chi connectivity index (χ2v) is 17.0. The van der Waals surface area contributed by atoms with Crippen LogP contribution in [0, 0.1) is 19.3 Å². The molecular weight excluding hydrogens is 576 g/mol. The van der Waals surface area contributed by atoms with Crippen LogP contribution >= 0.6 is 0 Å². The van der Waals surface area contributed by atoms with Crippen LogP contribution in [0.4, 0.5) is 0 Å². The van der Waals surface area contributed by atoms with Gasteiger partial charge >= 0.3 is 0 Å². The quantitative estimate of drug-likeness (QED) is 0.169. The lowest BCUT2D eigenvalue weighted by Gasteiger charge is -2.32. The fourth-order valence-corrected chi connectivity index (χ4v) is 5.68. The lowest BCUT2D eigenvalue weighted by atomic mass is 9.78. The molecule has 0 aromatic heterocycles. The highest BCUT2D eigenvalue weighted by atomic mass is 16.7. The lowest BCUT2D eigenvalue weighted by Crippen LogP contribution is -2.41. The van der Waals surface area contributed by atoms with Crippen molar-refractivity contribution in [2.75, 3.05) is 61.7 Å². The maximum absolute atomic E-state index is 6.26. The standard InChI is InChI=1S/C24H42O5.C16H26O/c1-18-11-19(22(2,3)4)21(20(12-18)23(5,6)7)29-17-28-16-24(13-25-8,14-26-9)15-27-10;1-11-9-12(15(2,3)4)14(17-8)13(10-11)16(5,6)7/h11-12H,13-17H2,1-10H3;9-10H,1-8H3. The van der Waals surface area contributed by atoms with E-state index in [2.05, 4.69) is 121 Å². The van der Waals surface area contributed by atoms with E-state index >= 15 is 0 Å². The Kier molecular flexibility index (Phi) is 15.3. The van der Waals surface area contributed by atoms with Crippen molar-refractivity contribution < 1.29 is 28.4 Å². The van der Waals surface area contributed by atoms with Gasteiger partial charge in [-0.05, 0) is 35.5 Å². The average molecular weight is 645 g/mol. The summed E-state index contributed by atoms with van der Waals surface area (Å²) in [5.74, 6) is 1.97. The van der Waals surface area contributed by atoms with E-state index in [9.17, 15) is 0 Å². The number of hydrogen-bond acceptors (Lipinski definition) is 6. The van der Waals surface area contributed by atoms with Crippen molar-refractivity contribution in [3.63, 3.8) is 0 Å². The minimum Gasteiger partial charge on any atom is -0.496 e. The van der Waals surface area contributed by atoms with E-state index in [1.54, 1.807) is 28.4 Å². The Morgan fingerprint density at radius 3 is 1.02 bits per heavy atom. The Labute approximate surface area is 282 Å². The van der Waals surface area contributed by atoms with Crippen LogP contribution in [0.3, 0.4) is 0 Å². The second-order valence-electron chi connectivity index (χ2n) is 17.0. The highest BCUT2D eigenvalue weighted by Gasteiger charge is 2.32. The van der Waals surface area contributed by atoms with E-state index in [1.807, 2.05) is 0 Å². The van der Waals surface area contributed by atoms with Gasteiger partial charge in [0.15, 0.2) is 6.79 Å². The highest BCUT2D eigenvalue weighted by molar-refractivity contribution is 5.51. The monoisotopic (exact) mass is 645 g/mol. The van der Waals surface area contributed by atoms with Crippen molar-refractivity contribution >= 4 is 0 Å². The second kappa shape index (κ2) is 16.8. The van der Waals surface area contributed by atoms with Crippen LogP contribution < -0.4 is 9.47 Å². The highest BCUT2D eigenvalue weighted by Crippen LogP contribution is 2.42. The van der Waals surface area contributed by atoms with Crippen molar-refractivity contribution in [2.45, 2.75) is 119 Å². The Morgan fingerprint density at radius 2 is 0.761 bits per heavy atom. The molecular formula is C40H68O6. The molecule has 264 valence electrons. The summed E-state index contributed by atoms with van der Waals surface area (Å²) in [4.78, 5) is 0. The van der Waals surface area contributed by atoms with E-state index in [-0.39, 0.29) is 33.9 Å². The van der Waals surface area contributed by atoms with E-state index in [0.717, 1.165) is 11.5 Å². The summed E-state index contributed by atoms with van der Waals surface area (Å²) in [5, 5.41) is 0. The Morgan fingerprint density at radius 1 is 0.457 bits per heavy atom. The molecule has 2 aromatic carbocycles. The van der Waals surface area contributed by atoms with Gasteiger partial charge in [-0.1, -0.05) is 118 Å². The zero-order valence-electron chi connectivity index (χ0n) is 32.8. The Bertz CT molecular complexity index is 1130. The molecule has 0 saturated carbocycles. The number of aryl methyl sites for hydroxylation is 2. The van der Waals surface area contributed by atoms with Gasteiger partial charge in [0.1, 0.15) is 11.5 Å². The van der Waals surface area contributed by atoms with E-state index in [4.69, 9.17) is 28.4 Å². The van der Waals surface area contributed by atoms with Gasteiger partial charge in [0.05, 0.1) is 39.0 Å². The topological polar surface area (TPSA) is 55.4 Å². The van der Waals surface area contributed by atoms with Crippen molar-refractivity contribution in [3.05, 3.63) is 57.6 Å². The van der Waals surface area contributed by atoms with Gasteiger partial charge in [-0.15, -0.1) is 0 Å². The van der Waals surface area contributed by atoms with E-state index in [0.29, 0.717) is 26.4 Å². The molecule has 2 rings (SSSR count). The van der Waals surface area contributed by atoms with Gasteiger partial charge in [0, 0.05) is 43.6 Å². The fraction of sp³-hybridized carbons (Fsp3) is 0.700. The smallest absolute Gasteiger partial charge is 0.189 e. The summed E-state index contributed by atoms with van der Waals surface area (Å²) in [6.07, 6.45) is 0. The molecule has 0 aliphatic heterocycles. The minimum atomic E-state index is -0.366. The third kappa shape index (κ3) is 12.2. The first kappa shape index (κ1) is 41.9.